The van der Waals surface area contributed by atoms with Gasteiger partial charge in [0.05, 0.1) is 5.52 Å². The first-order valence-corrected chi connectivity index (χ1v) is 10.8. The second-order valence-electron chi connectivity index (χ2n) is 7.93. The van der Waals surface area contributed by atoms with Gasteiger partial charge in [-0.2, -0.15) is 0 Å². The molecule has 0 spiro atoms. The molecule has 34 heavy (non-hydrogen) atoms. The highest BCUT2D eigenvalue weighted by Crippen LogP contribution is 2.21. The van der Waals surface area contributed by atoms with Crippen LogP contribution < -0.4 is 22.3 Å². The normalized spacial score (nSPS) is 11.6. The zero-order valence-corrected chi connectivity index (χ0v) is 18.8. The van der Waals surface area contributed by atoms with E-state index in [2.05, 4.69) is 15.3 Å². The van der Waals surface area contributed by atoms with Crippen LogP contribution >= 0.6 is 0 Å². The maximum absolute atomic E-state index is 13.3. The van der Waals surface area contributed by atoms with Crippen molar-refractivity contribution in [1.29, 1.82) is 0 Å². The van der Waals surface area contributed by atoms with Gasteiger partial charge >= 0.3 is 6.09 Å². The average Bonchev–Trinajstić information content (AvgIpc) is 2.78. The van der Waals surface area contributed by atoms with E-state index in [0.29, 0.717) is 17.6 Å². The number of aromatic amines is 1. The molecule has 0 radical (unpaired) electrons. The molecular weight excluding hydrogens is 436 g/mol. The molecular formula is C24H28N6O4. The van der Waals surface area contributed by atoms with Gasteiger partial charge in [0.1, 0.15) is 6.04 Å². The second-order valence-corrected chi connectivity index (χ2v) is 7.93. The standard InChI is InChI=1S/C24H28N6O4/c1-15-12-21(31)29-19-13-17(9-10-18(15)19)28-22(32)20(8-5-11-27-23(25)26)30(24(33)34)14-16-6-3-2-4-7-16/h2-4,6-7,9-10,12-13,20H,5,8,11,14H2,1H3,(H,28,32)(H,29,31)(H,33,34)(H4,25,26,27). The number of benzene rings is 2. The molecule has 2 amide bonds. The number of hydrogen-bond donors (Lipinski definition) is 5. The largest absolute Gasteiger partial charge is 0.465 e. The lowest BCUT2D eigenvalue weighted by molar-refractivity contribution is -0.121. The highest BCUT2D eigenvalue weighted by Gasteiger charge is 2.29. The molecule has 3 rings (SSSR count). The second kappa shape index (κ2) is 11.0. The van der Waals surface area contributed by atoms with Crippen molar-refractivity contribution in [1.82, 2.24) is 9.88 Å². The molecule has 1 unspecified atom stereocenters. The Morgan fingerprint density at radius 2 is 1.88 bits per heavy atom. The molecule has 10 nitrogen and oxygen atoms in total. The Labute approximate surface area is 196 Å². The highest BCUT2D eigenvalue weighted by molar-refractivity contribution is 5.98. The van der Waals surface area contributed by atoms with Crippen LogP contribution in [0.3, 0.4) is 0 Å². The first-order valence-electron chi connectivity index (χ1n) is 10.8. The summed E-state index contributed by atoms with van der Waals surface area (Å²) in [5.74, 6) is -0.557. The minimum atomic E-state index is -1.22. The Bertz CT molecular complexity index is 1250. The number of rotatable bonds is 9. The Balaban J connectivity index is 1.86. The van der Waals surface area contributed by atoms with Crippen molar-refractivity contribution in [2.45, 2.75) is 32.4 Å². The number of aromatic nitrogens is 1. The van der Waals surface area contributed by atoms with Crippen molar-refractivity contribution in [3.63, 3.8) is 0 Å². The molecule has 0 aliphatic rings. The fraction of sp³-hybridized carbons (Fsp3) is 0.250. The molecule has 0 saturated carbocycles. The zero-order valence-electron chi connectivity index (χ0n) is 18.8. The number of nitrogens with one attached hydrogen (secondary N) is 2. The van der Waals surface area contributed by atoms with Crippen LogP contribution in [0.4, 0.5) is 10.5 Å². The van der Waals surface area contributed by atoms with E-state index in [9.17, 15) is 19.5 Å². The number of carbonyl (C=O) groups is 2. The van der Waals surface area contributed by atoms with E-state index in [1.807, 2.05) is 13.0 Å². The van der Waals surface area contributed by atoms with Crippen molar-refractivity contribution in [2.75, 3.05) is 11.9 Å². The lowest BCUT2D eigenvalue weighted by Gasteiger charge is -2.28. The number of guanidine groups is 1. The molecule has 1 atom stereocenters. The number of amides is 2. The number of carboxylic acid groups (broad SMARTS) is 1. The van der Waals surface area contributed by atoms with E-state index in [0.717, 1.165) is 21.4 Å². The number of anilines is 1. The number of carbonyl (C=O) groups excluding carboxylic acids is 1. The zero-order chi connectivity index (χ0) is 24.7. The monoisotopic (exact) mass is 464 g/mol. The molecule has 0 bridgehead atoms. The van der Waals surface area contributed by atoms with Crippen LogP contribution in [0.25, 0.3) is 10.9 Å². The summed E-state index contributed by atoms with van der Waals surface area (Å²) in [7, 11) is 0. The number of hydrogen-bond acceptors (Lipinski definition) is 4. The summed E-state index contributed by atoms with van der Waals surface area (Å²) >= 11 is 0. The summed E-state index contributed by atoms with van der Waals surface area (Å²) in [6.07, 6.45) is -0.603. The van der Waals surface area contributed by atoms with E-state index in [-0.39, 0.29) is 31.0 Å². The molecule has 2 aromatic carbocycles. The third-order valence-corrected chi connectivity index (χ3v) is 5.37. The number of pyridine rings is 1. The van der Waals surface area contributed by atoms with Crippen LogP contribution in [0.1, 0.15) is 24.0 Å². The molecule has 0 saturated heterocycles. The predicted octanol–water partition coefficient (Wildman–Crippen LogP) is 2.38. The summed E-state index contributed by atoms with van der Waals surface area (Å²) in [6, 6.07) is 14.7. The molecule has 178 valence electrons. The van der Waals surface area contributed by atoms with E-state index < -0.39 is 18.0 Å². The molecule has 0 aliphatic carbocycles. The predicted molar refractivity (Wildman–Crippen MR) is 132 cm³/mol. The summed E-state index contributed by atoms with van der Waals surface area (Å²) in [5, 5.41) is 13.5. The third kappa shape index (κ3) is 6.35. The molecule has 7 N–H and O–H groups in total. The molecule has 10 heteroatoms. The van der Waals surface area contributed by atoms with Crippen molar-refractivity contribution in [3.05, 3.63) is 76.1 Å². The minimum Gasteiger partial charge on any atom is -0.465 e. The summed E-state index contributed by atoms with van der Waals surface area (Å²) in [6.45, 7) is 2.14. The maximum atomic E-state index is 13.3. The number of aliphatic imine (C=N–C) groups is 1. The molecule has 1 heterocycles. The van der Waals surface area contributed by atoms with Crippen LogP contribution in [0.15, 0.2) is 64.4 Å². The summed E-state index contributed by atoms with van der Waals surface area (Å²) in [4.78, 5) is 45.0. The molecule has 1 aromatic heterocycles. The van der Waals surface area contributed by atoms with Crippen molar-refractivity contribution < 1.29 is 14.7 Å². The lowest BCUT2D eigenvalue weighted by atomic mass is 10.1. The van der Waals surface area contributed by atoms with E-state index in [1.54, 1.807) is 42.5 Å². The van der Waals surface area contributed by atoms with Gasteiger partial charge in [-0.3, -0.25) is 19.5 Å². The van der Waals surface area contributed by atoms with E-state index in [4.69, 9.17) is 11.5 Å². The van der Waals surface area contributed by atoms with Crippen LogP contribution in [0, 0.1) is 6.92 Å². The quantitative estimate of drug-likeness (QED) is 0.185. The van der Waals surface area contributed by atoms with Crippen molar-refractivity contribution >= 4 is 34.6 Å². The minimum absolute atomic E-state index is 0.0425. The van der Waals surface area contributed by atoms with Crippen molar-refractivity contribution in [2.24, 2.45) is 16.5 Å². The summed E-state index contributed by atoms with van der Waals surface area (Å²) < 4.78 is 0. The third-order valence-electron chi connectivity index (χ3n) is 5.37. The molecule has 3 aromatic rings. The lowest BCUT2D eigenvalue weighted by Crippen LogP contribution is -2.46. The number of nitrogens with zero attached hydrogens (tertiary/aromatic N) is 2. The Morgan fingerprint density at radius 3 is 2.56 bits per heavy atom. The molecule has 0 fully saturated rings. The van der Waals surface area contributed by atoms with Gasteiger partial charge in [0.15, 0.2) is 5.96 Å². The average molecular weight is 465 g/mol. The van der Waals surface area contributed by atoms with Crippen LogP contribution in [0.5, 0.6) is 0 Å². The fourth-order valence-corrected chi connectivity index (χ4v) is 3.75. The smallest absolute Gasteiger partial charge is 0.408 e. The number of H-pyrrole nitrogens is 1. The SMILES string of the molecule is Cc1cc(=O)[nH]c2cc(NC(=O)C(CCCN=C(N)N)N(Cc3ccccc3)C(=O)O)ccc12. The van der Waals surface area contributed by atoms with Gasteiger partial charge in [0.25, 0.3) is 0 Å². The van der Waals surface area contributed by atoms with Gasteiger partial charge in [0, 0.05) is 30.2 Å². The first-order chi connectivity index (χ1) is 16.2. The maximum Gasteiger partial charge on any atom is 0.408 e. The Kier molecular flexibility index (Phi) is 7.86. The van der Waals surface area contributed by atoms with E-state index in [1.165, 1.54) is 6.07 Å². The topological polar surface area (TPSA) is 167 Å². The van der Waals surface area contributed by atoms with Crippen LogP contribution in [0.2, 0.25) is 0 Å². The van der Waals surface area contributed by atoms with E-state index >= 15 is 0 Å². The van der Waals surface area contributed by atoms with Gasteiger partial charge in [-0.1, -0.05) is 36.4 Å². The van der Waals surface area contributed by atoms with Crippen LogP contribution in [-0.4, -0.2) is 45.5 Å². The summed E-state index contributed by atoms with van der Waals surface area (Å²) in [5.41, 5.74) is 13.1. The Morgan fingerprint density at radius 1 is 1.15 bits per heavy atom. The number of aryl methyl sites for hydroxylation is 1. The van der Waals surface area contributed by atoms with Gasteiger partial charge in [-0.25, -0.2) is 4.79 Å². The van der Waals surface area contributed by atoms with Gasteiger partial charge in [0.2, 0.25) is 11.5 Å². The Hall–Kier alpha value is -4.34. The molecule has 0 aliphatic heterocycles. The van der Waals surface area contributed by atoms with Gasteiger partial charge < -0.3 is 26.9 Å². The highest BCUT2D eigenvalue weighted by atomic mass is 16.4. The van der Waals surface area contributed by atoms with Gasteiger partial charge in [-0.05, 0) is 43.0 Å². The van der Waals surface area contributed by atoms with Crippen molar-refractivity contribution in [3.8, 4) is 0 Å². The van der Waals surface area contributed by atoms with Crippen LogP contribution in [-0.2, 0) is 11.3 Å². The fourth-order valence-electron chi connectivity index (χ4n) is 3.75. The number of nitrogens with two attached hydrogens (primary N) is 2. The van der Waals surface area contributed by atoms with Gasteiger partial charge in [-0.15, -0.1) is 0 Å². The number of fused-ring (bicyclic) bond motifs is 1. The first kappa shape index (κ1) is 24.3.